The lowest BCUT2D eigenvalue weighted by Crippen LogP contribution is -2.38. The monoisotopic (exact) mass is 557 g/mol. The van der Waals surface area contributed by atoms with Gasteiger partial charge in [0.05, 0.1) is 22.9 Å². The number of rotatable bonds is 8. The molecule has 3 aromatic rings. The van der Waals surface area contributed by atoms with Gasteiger partial charge in [-0.25, -0.2) is 12.8 Å². The predicted molar refractivity (Wildman–Crippen MR) is 155 cm³/mol. The Bertz CT molecular complexity index is 1610. The van der Waals surface area contributed by atoms with Gasteiger partial charge in [0.1, 0.15) is 5.82 Å². The van der Waals surface area contributed by atoms with E-state index < -0.39 is 10.0 Å². The van der Waals surface area contributed by atoms with Gasteiger partial charge in [0.2, 0.25) is 10.0 Å². The van der Waals surface area contributed by atoms with E-state index in [9.17, 15) is 17.9 Å². The van der Waals surface area contributed by atoms with E-state index >= 15 is 0 Å². The molecule has 2 N–H and O–H groups in total. The normalized spacial score (nSPS) is 20.2. The van der Waals surface area contributed by atoms with Crippen LogP contribution in [-0.4, -0.2) is 37.5 Å². The third-order valence-corrected chi connectivity index (χ3v) is 10.1. The number of hydrazine groups is 1. The quantitative estimate of drug-likeness (QED) is 0.376. The molecule has 1 aliphatic heterocycles. The Kier molecular flexibility index (Phi) is 7.08. The van der Waals surface area contributed by atoms with Crippen molar-refractivity contribution in [1.29, 1.82) is 0 Å². The van der Waals surface area contributed by atoms with Crippen molar-refractivity contribution in [3.8, 4) is 11.1 Å². The fourth-order valence-corrected chi connectivity index (χ4v) is 7.95. The number of hydrogen-bond donors (Lipinski definition) is 2. The highest BCUT2D eigenvalue weighted by Crippen LogP contribution is 2.48. The minimum Gasteiger partial charge on any atom is -0.395 e. The van der Waals surface area contributed by atoms with Gasteiger partial charge >= 0.3 is 0 Å². The molecular formula is C32H32FN3O3S. The number of nitrogens with one attached hydrogen (secondary N) is 1. The second kappa shape index (κ2) is 10.7. The molecule has 6 nitrogen and oxygen atoms in total. The average molecular weight is 558 g/mol. The lowest BCUT2D eigenvalue weighted by molar-refractivity contribution is 0.243. The molecular weight excluding hydrogens is 525 g/mol. The van der Waals surface area contributed by atoms with E-state index in [0.717, 1.165) is 35.4 Å². The number of hydrogen-bond acceptors (Lipinski definition) is 5. The van der Waals surface area contributed by atoms with Crippen LogP contribution in [0.5, 0.6) is 0 Å². The van der Waals surface area contributed by atoms with E-state index in [-0.39, 0.29) is 35.7 Å². The molecule has 0 saturated carbocycles. The highest BCUT2D eigenvalue weighted by Gasteiger charge is 2.40. The molecule has 206 valence electrons. The van der Waals surface area contributed by atoms with Crippen LogP contribution in [0.1, 0.15) is 19.8 Å². The molecule has 2 atom stereocenters. The molecule has 0 unspecified atom stereocenters. The Hall–Kier alpha value is -3.72. The zero-order valence-corrected chi connectivity index (χ0v) is 23.1. The summed E-state index contributed by atoms with van der Waals surface area (Å²) < 4.78 is 43.1. The number of aliphatic hydroxyl groups is 1. The van der Waals surface area contributed by atoms with Crippen molar-refractivity contribution < 1.29 is 17.9 Å². The fourth-order valence-electron chi connectivity index (χ4n) is 6.26. The summed E-state index contributed by atoms with van der Waals surface area (Å²) in [5, 5.41) is 11.9. The van der Waals surface area contributed by atoms with Gasteiger partial charge in [-0.15, -0.1) is 0 Å². The lowest BCUT2D eigenvalue weighted by Gasteiger charge is -2.32. The minimum absolute atomic E-state index is 0.0304. The lowest BCUT2D eigenvalue weighted by atomic mass is 9.80. The Morgan fingerprint density at radius 2 is 1.75 bits per heavy atom. The smallest absolute Gasteiger partial charge is 0.243 e. The maximum Gasteiger partial charge on any atom is 0.243 e. The van der Waals surface area contributed by atoms with Crippen LogP contribution in [0.4, 0.5) is 10.1 Å². The first-order chi connectivity index (χ1) is 19.4. The summed E-state index contributed by atoms with van der Waals surface area (Å²) in [7, 11) is -3.88. The van der Waals surface area contributed by atoms with Crippen molar-refractivity contribution in [3.63, 3.8) is 0 Å². The molecule has 2 aliphatic carbocycles. The summed E-state index contributed by atoms with van der Waals surface area (Å²) in [6.07, 6.45) is 5.86. The first kappa shape index (κ1) is 26.5. The zero-order valence-electron chi connectivity index (χ0n) is 22.3. The van der Waals surface area contributed by atoms with Gasteiger partial charge in [-0.3, -0.25) is 5.01 Å². The Morgan fingerprint density at radius 3 is 2.50 bits per heavy atom. The van der Waals surface area contributed by atoms with E-state index in [1.165, 1.54) is 27.6 Å². The number of aliphatic hydroxyl groups excluding tert-OH is 1. The van der Waals surface area contributed by atoms with Crippen LogP contribution in [0.15, 0.2) is 118 Å². The van der Waals surface area contributed by atoms with Gasteiger partial charge in [-0.2, -0.15) is 4.31 Å². The number of anilines is 1. The largest absolute Gasteiger partial charge is 0.395 e. The van der Waals surface area contributed by atoms with Gasteiger partial charge < -0.3 is 10.5 Å². The highest BCUT2D eigenvalue weighted by molar-refractivity contribution is 7.89. The Balaban J connectivity index is 1.31. The number of nitrogens with zero attached hydrogens (tertiary/aromatic N) is 2. The molecule has 0 bridgehead atoms. The number of benzene rings is 3. The van der Waals surface area contributed by atoms with Crippen molar-refractivity contribution in [1.82, 2.24) is 9.73 Å². The van der Waals surface area contributed by atoms with Gasteiger partial charge in [0.15, 0.2) is 0 Å². The second-order valence-corrected chi connectivity index (χ2v) is 12.4. The predicted octanol–water partition coefficient (Wildman–Crippen LogP) is 5.62. The molecule has 40 heavy (non-hydrogen) atoms. The van der Waals surface area contributed by atoms with Crippen molar-refractivity contribution in [3.05, 3.63) is 119 Å². The van der Waals surface area contributed by atoms with Crippen LogP contribution in [0.3, 0.4) is 0 Å². The third kappa shape index (κ3) is 4.66. The zero-order chi connectivity index (χ0) is 27.9. The molecule has 0 saturated heterocycles. The van der Waals surface area contributed by atoms with Crippen LogP contribution >= 0.6 is 0 Å². The van der Waals surface area contributed by atoms with Gasteiger partial charge in [-0.05, 0) is 66.3 Å². The fraction of sp³-hybridized carbons (Fsp3) is 0.250. The summed E-state index contributed by atoms with van der Waals surface area (Å²) in [5.41, 5.74) is 10.3. The highest BCUT2D eigenvalue weighted by atomic mass is 32.2. The summed E-state index contributed by atoms with van der Waals surface area (Å²) >= 11 is 0. The molecule has 3 aromatic carbocycles. The van der Waals surface area contributed by atoms with E-state index in [0.29, 0.717) is 12.1 Å². The summed E-state index contributed by atoms with van der Waals surface area (Å²) in [5.74, 6) is -0.149. The van der Waals surface area contributed by atoms with E-state index in [1.807, 2.05) is 53.7 Å². The van der Waals surface area contributed by atoms with Gasteiger partial charge in [0.25, 0.3) is 0 Å². The van der Waals surface area contributed by atoms with Crippen molar-refractivity contribution in [2.75, 3.05) is 24.7 Å². The molecule has 3 aliphatic rings. The maximum atomic E-state index is 14.1. The molecule has 0 amide bonds. The Morgan fingerprint density at radius 1 is 1.02 bits per heavy atom. The van der Waals surface area contributed by atoms with Crippen LogP contribution in [0, 0.1) is 17.7 Å². The minimum atomic E-state index is -3.88. The maximum absolute atomic E-state index is 14.1. The van der Waals surface area contributed by atoms with Crippen molar-refractivity contribution >= 4 is 15.7 Å². The van der Waals surface area contributed by atoms with E-state index in [4.69, 9.17) is 0 Å². The Labute approximate surface area is 234 Å². The van der Waals surface area contributed by atoms with Gasteiger partial charge in [0, 0.05) is 36.3 Å². The van der Waals surface area contributed by atoms with Crippen LogP contribution in [0.2, 0.25) is 0 Å². The number of sulfonamides is 1. The molecule has 1 heterocycles. The average Bonchev–Trinajstić information content (AvgIpc) is 3.59. The molecule has 8 heteroatoms. The van der Waals surface area contributed by atoms with Crippen LogP contribution < -0.4 is 10.4 Å². The van der Waals surface area contributed by atoms with Crippen LogP contribution in [-0.2, 0) is 10.0 Å². The molecule has 0 aromatic heterocycles. The summed E-state index contributed by atoms with van der Waals surface area (Å²) in [6.45, 7) is 2.24. The molecule has 6 rings (SSSR count). The number of fused-ring (bicyclic) bond motifs is 1. The second-order valence-electron chi connectivity index (χ2n) is 10.5. The first-order valence-electron chi connectivity index (χ1n) is 13.6. The van der Waals surface area contributed by atoms with Crippen LogP contribution in [0.25, 0.3) is 11.1 Å². The van der Waals surface area contributed by atoms with E-state index in [1.54, 1.807) is 24.3 Å². The molecule has 0 radical (unpaired) electrons. The summed E-state index contributed by atoms with van der Waals surface area (Å²) in [4.78, 5) is 0.248. The van der Waals surface area contributed by atoms with Gasteiger partial charge in [-0.1, -0.05) is 61.0 Å². The third-order valence-electron chi connectivity index (χ3n) is 8.15. The van der Waals surface area contributed by atoms with E-state index in [2.05, 4.69) is 18.4 Å². The SMILES string of the molecule is C[C@H]1C2=CNN(c3ccc(F)cc3)C2=CC2=C1[C@@H](CN(CCO)S(=O)(=O)c1ccccc1-c1ccccc1)CC2. The topological polar surface area (TPSA) is 72.9 Å². The van der Waals surface area contributed by atoms with Crippen molar-refractivity contribution in [2.24, 2.45) is 11.8 Å². The number of halogens is 1. The molecule has 0 fully saturated rings. The first-order valence-corrected chi connectivity index (χ1v) is 15.0. The number of allylic oxidation sites excluding steroid dienone is 3. The summed E-state index contributed by atoms with van der Waals surface area (Å²) in [6, 6.07) is 23.0. The molecule has 0 spiro atoms. The standard InChI is InChI=1S/C32H32FN3O3S/c1-22-29-20-34-36(27-15-13-26(33)14-16-27)30(29)19-24-11-12-25(32(22)24)21-35(17-18-37)40(38,39)31-10-6-5-9-28(31)23-7-3-2-4-8-23/h2-10,13-16,19-20,22,25,34,37H,11-12,17-18,21H2,1H3/t22-,25+/m0/s1. The van der Waals surface area contributed by atoms with Crippen molar-refractivity contribution in [2.45, 2.75) is 24.7 Å².